The highest BCUT2D eigenvalue weighted by molar-refractivity contribution is 5.76. The minimum atomic E-state index is 0.537. The molecule has 12 heteroatoms. The van der Waals surface area contributed by atoms with Gasteiger partial charge >= 0.3 is 0 Å². The van der Waals surface area contributed by atoms with E-state index in [1.807, 2.05) is 72.8 Å². The van der Waals surface area contributed by atoms with Gasteiger partial charge in [-0.25, -0.2) is 9.97 Å². The molecule has 0 N–H and O–H groups in total. The molecule has 12 nitrogen and oxygen atoms in total. The van der Waals surface area contributed by atoms with Crippen LogP contribution in [0.1, 0.15) is 11.1 Å². The van der Waals surface area contributed by atoms with Crippen LogP contribution in [0, 0.1) is 0 Å². The lowest BCUT2D eigenvalue weighted by Crippen LogP contribution is -2.32. The summed E-state index contributed by atoms with van der Waals surface area (Å²) in [7, 11) is 0. The molecule has 1 fully saturated rings. The molecule has 9 rings (SSSR count). The second kappa shape index (κ2) is 24.2. The van der Waals surface area contributed by atoms with Crippen LogP contribution in [0.5, 0.6) is 0 Å². The summed E-state index contributed by atoms with van der Waals surface area (Å²) < 4.78 is 24.3. The van der Waals surface area contributed by atoms with Crippen molar-refractivity contribution in [2.24, 2.45) is 0 Å². The van der Waals surface area contributed by atoms with Crippen LogP contribution in [0.4, 0.5) is 0 Å². The average Bonchev–Trinajstić information content (AvgIpc) is 3.40. The number of ether oxygens (including phenoxy) is 4. The Morgan fingerprint density at radius 2 is 0.603 bits per heavy atom. The third-order valence-electron chi connectivity index (χ3n) is 11.7. The van der Waals surface area contributed by atoms with Crippen LogP contribution in [0.3, 0.4) is 0 Å². The summed E-state index contributed by atoms with van der Waals surface area (Å²) in [6.45, 7) is 9.21. The summed E-state index contributed by atoms with van der Waals surface area (Å²) in [5.74, 6) is 0. The maximum absolute atomic E-state index is 6.09. The van der Waals surface area contributed by atoms with Gasteiger partial charge in [-0.15, -0.1) is 0 Å². The molecular formula is C56H56N8O4. The molecule has 2 aromatic carbocycles. The van der Waals surface area contributed by atoms with Gasteiger partial charge in [0, 0.05) is 64.1 Å². The third-order valence-corrected chi connectivity index (χ3v) is 11.7. The van der Waals surface area contributed by atoms with Gasteiger partial charge in [-0.3, -0.25) is 29.7 Å². The van der Waals surface area contributed by atoms with Crippen molar-refractivity contribution in [1.82, 2.24) is 39.7 Å². The molecular weight excluding hydrogens is 849 g/mol. The first kappa shape index (κ1) is 46.2. The van der Waals surface area contributed by atoms with Crippen molar-refractivity contribution in [2.45, 2.75) is 13.1 Å². The molecule has 0 unspecified atom stereocenters. The monoisotopic (exact) mass is 904 g/mol. The van der Waals surface area contributed by atoms with E-state index in [0.717, 1.165) is 107 Å². The fraction of sp³-hybridized carbons (Fsp3) is 0.250. The maximum atomic E-state index is 6.09. The number of hydrogen-bond acceptors (Lipinski definition) is 12. The van der Waals surface area contributed by atoms with Gasteiger partial charge < -0.3 is 18.9 Å². The Labute approximate surface area is 398 Å². The largest absolute Gasteiger partial charge is 0.378 e. The Morgan fingerprint density at radius 3 is 0.868 bits per heavy atom. The quantitative estimate of drug-likeness (QED) is 0.130. The second-order valence-electron chi connectivity index (χ2n) is 16.5. The molecule has 7 heterocycles. The zero-order chi connectivity index (χ0) is 46.0. The summed E-state index contributed by atoms with van der Waals surface area (Å²) in [4.78, 5) is 32.9. The molecule has 68 heavy (non-hydrogen) atoms. The zero-order valence-electron chi connectivity index (χ0n) is 38.3. The van der Waals surface area contributed by atoms with Crippen LogP contribution in [-0.4, -0.2) is 119 Å². The first-order valence-corrected chi connectivity index (χ1v) is 23.3. The highest BCUT2D eigenvalue weighted by atomic mass is 16.5. The van der Waals surface area contributed by atoms with Crippen LogP contribution < -0.4 is 0 Å². The van der Waals surface area contributed by atoms with Gasteiger partial charge in [-0.1, -0.05) is 72.8 Å². The van der Waals surface area contributed by atoms with Crippen molar-refractivity contribution in [3.8, 4) is 67.8 Å². The lowest BCUT2D eigenvalue weighted by Gasteiger charge is -2.24. The van der Waals surface area contributed by atoms with Crippen LogP contribution in [-0.2, 0) is 32.0 Å². The fourth-order valence-electron chi connectivity index (χ4n) is 8.06. The molecule has 6 aromatic heterocycles. The lowest BCUT2D eigenvalue weighted by atomic mass is 10.0. The minimum absolute atomic E-state index is 0.537. The number of aromatic nitrogens is 6. The summed E-state index contributed by atoms with van der Waals surface area (Å²) in [6, 6.07) is 49.4. The van der Waals surface area contributed by atoms with Gasteiger partial charge in [0.05, 0.1) is 98.4 Å². The van der Waals surface area contributed by atoms with E-state index in [1.54, 1.807) is 24.8 Å². The molecule has 0 saturated carbocycles. The Kier molecular flexibility index (Phi) is 16.5. The predicted octanol–water partition coefficient (Wildman–Crippen LogP) is 9.44. The molecule has 0 aliphatic carbocycles. The van der Waals surface area contributed by atoms with Crippen LogP contribution >= 0.6 is 0 Å². The summed E-state index contributed by atoms with van der Waals surface area (Å²) in [6.07, 6.45) is 7.18. The molecule has 0 bridgehead atoms. The number of rotatable bonds is 10. The molecule has 0 amide bonds. The molecule has 344 valence electrons. The Bertz CT molecular complexity index is 2420. The summed E-state index contributed by atoms with van der Waals surface area (Å²) >= 11 is 0. The van der Waals surface area contributed by atoms with Crippen molar-refractivity contribution in [3.63, 3.8) is 0 Å². The average molecular weight is 905 g/mol. The lowest BCUT2D eigenvalue weighted by molar-refractivity contribution is 0.00624. The highest BCUT2D eigenvalue weighted by Gasteiger charge is 2.14. The van der Waals surface area contributed by atoms with Crippen molar-refractivity contribution in [1.29, 1.82) is 0 Å². The van der Waals surface area contributed by atoms with E-state index in [2.05, 4.69) is 103 Å². The number of hydrogen-bond donors (Lipinski definition) is 0. The number of benzene rings is 2. The Morgan fingerprint density at radius 1 is 0.309 bits per heavy atom. The minimum Gasteiger partial charge on any atom is -0.378 e. The van der Waals surface area contributed by atoms with Gasteiger partial charge in [0.25, 0.3) is 0 Å². The Hall–Kier alpha value is -6.90. The molecule has 0 radical (unpaired) electrons. The topological polar surface area (TPSA) is 121 Å². The van der Waals surface area contributed by atoms with E-state index < -0.39 is 0 Å². The SMILES string of the molecule is c1ccc(-c2cc(-c3ccc(CN4CCOCCOCCN(Cc5ccc(-c6cc(-c7ccccn7)nc(-c7ccccn7)c6)cc5)CCOCCOCC4)cc3)cc(-c3ccccn3)n2)nc1. The molecule has 0 atom stereocenters. The van der Waals surface area contributed by atoms with Crippen LogP contribution in [0.2, 0.25) is 0 Å². The van der Waals surface area contributed by atoms with E-state index in [-0.39, 0.29) is 0 Å². The highest BCUT2D eigenvalue weighted by Crippen LogP contribution is 2.31. The summed E-state index contributed by atoms with van der Waals surface area (Å²) in [5.41, 5.74) is 13.3. The smallest absolute Gasteiger partial charge is 0.0900 e. The van der Waals surface area contributed by atoms with Crippen LogP contribution in [0.15, 0.2) is 170 Å². The van der Waals surface area contributed by atoms with E-state index >= 15 is 0 Å². The van der Waals surface area contributed by atoms with E-state index in [4.69, 9.17) is 28.9 Å². The fourth-order valence-corrected chi connectivity index (χ4v) is 8.06. The molecule has 8 aromatic rings. The van der Waals surface area contributed by atoms with Crippen molar-refractivity contribution < 1.29 is 18.9 Å². The van der Waals surface area contributed by atoms with Gasteiger partial charge in [0.15, 0.2) is 0 Å². The summed E-state index contributed by atoms with van der Waals surface area (Å²) in [5, 5.41) is 0. The molecule has 1 saturated heterocycles. The van der Waals surface area contributed by atoms with Crippen LogP contribution in [0.25, 0.3) is 67.8 Å². The van der Waals surface area contributed by atoms with Gasteiger partial charge in [0.1, 0.15) is 0 Å². The van der Waals surface area contributed by atoms with E-state index in [1.165, 1.54) is 11.1 Å². The number of pyridine rings is 6. The van der Waals surface area contributed by atoms with E-state index in [0.29, 0.717) is 52.9 Å². The first-order valence-electron chi connectivity index (χ1n) is 23.3. The van der Waals surface area contributed by atoms with Crippen molar-refractivity contribution in [2.75, 3.05) is 79.0 Å². The van der Waals surface area contributed by atoms with Crippen molar-refractivity contribution in [3.05, 3.63) is 182 Å². The maximum Gasteiger partial charge on any atom is 0.0900 e. The normalized spacial score (nSPS) is 15.3. The second-order valence-corrected chi connectivity index (χ2v) is 16.5. The third kappa shape index (κ3) is 13.2. The van der Waals surface area contributed by atoms with Gasteiger partial charge in [-0.05, 0) is 106 Å². The predicted molar refractivity (Wildman–Crippen MR) is 266 cm³/mol. The van der Waals surface area contributed by atoms with Crippen molar-refractivity contribution >= 4 is 0 Å². The molecule has 1 aliphatic rings. The van der Waals surface area contributed by atoms with E-state index in [9.17, 15) is 0 Å². The Balaban J connectivity index is 0.778. The number of nitrogens with zero attached hydrogens (tertiary/aromatic N) is 8. The molecule has 0 spiro atoms. The van der Waals surface area contributed by atoms with Gasteiger partial charge in [-0.2, -0.15) is 0 Å². The first-order chi connectivity index (χ1) is 33.7. The standard InChI is InChI=1S/C56H56N8O4/c1-5-21-57-49(9-1)53-37-47(38-54(61-53)50-10-2-6-22-58-50)45-17-13-43(14-18-45)41-63-25-29-65-33-35-67-31-27-64(28-32-68-36-34-66-30-26-63)42-44-15-19-46(20-16-44)48-39-55(51-11-3-7-23-59-51)62-56(40-48)52-12-4-8-24-60-52/h1-24,37-40H,25-36,41-42H2. The molecule has 1 aliphatic heterocycles. The van der Waals surface area contributed by atoms with Gasteiger partial charge in [0.2, 0.25) is 0 Å². The zero-order valence-corrected chi connectivity index (χ0v) is 38.3.